The second kappa shape index (κ2) is 8.63. The number of rotatable bonds is 6. The number of hydrogen-bond donors (Lipinski definition) is 2. The number of benzene rings is 2. The number of carbonyl (C=O) groups is 2. The van der Waals surface area contributed by atoms with Gasteiger partial charge in [-0.1, -0.05) is 41.9 Å². The number of aromatic nitrogens is 1. The molecule has 0 saturated carbocycles. The van der Waals surface area contributed by atoms with Gasteiger partial charge in [0.25, 0.3) is 5.91 Å². The number of carboxylic acid groups (broad SMARTS) is 1. The van der Waals surface area contributed by atoms with Gasteiger partial charge >= 0.3 is 5.97 Å². The molecule has 0 aliphatic rings. The molecule has 2 aromatic carbocycles. The van der Waals surface area contributed by atoms with E-state index in [0.717, 1.165) is 0 Å². The molecule has 0 spiro atoms. The molecule has 3 aromatic rings. The first-order valence-corrected chi connectivity index (χ1v) is 8.82. The van der Waals surface area contributed by atoms with E-state index in [9.17, 15) is 19.1 Å². The van der Waals surface area contributed by atoms with Crippen LogP contribution in [0.2, 0.25) is 5.02 Å². The summed E-state index contributed by atoms with van der Waals surface area (Å²) in [5.41, 5.74) is 1.20. The molecule has 1 amide bonds. The molecule has 0 unspecified atom stereocenters. The first kappa shape index (κ1) is 19.5. The van der Waals surface area contributed by atoms with Crippen molar-refractivity contribution in [3.05, 3.63) is 88.8 Å². The summed E-state index contributed by atoms with van der Waals surface area (Å²) in [6.07, 6.45) is -0.320. The number of carbonyl (C=O) groups excluding carboxylic acids is 1. The van der Waals surface area contributed by atoms with Crippen molar-refractivity contribution in [3.63, 3.8) is 0 Å². The number of halogens is 2. The zero-order chi connectivity index (χ0) is 20.1. The molecule has 7 heteroatoms. The fourth-order valence-electron chi connectivity index (χ4n) is 2.76. The van der Waals surface area contributed by atoms with E-state index in [1.807, 2.05) is 0 Å². The van der Waals surface area contributed by atoms with Crippen molar-refractivity contribution in [2.45, 2.75) is 12.5 Å². The highest BCUT2D eigenvalue weighted by atomic mass is 35.5. The number of aliphatic carboxylic acids is 1. The van der Waals surface area contributed by atoms with Crippen LogP contribution in [0.1, 0.15) is 28.5 Å². The smallest absolute Gasteiger partial charge is 0.305 e. The first-order chi connectivity index (χ1) is 13.4. The van der Waals surface area contributed by atoms with Crippen LogP contribution in [0.5, 0.6) is 0 Å². The molecule has 3 rings (SSSR count). The van der Waals surface area contributed by atoms with Crippen LogP contribution in [0, 0.1) is 5.82 Å². The van der Waals surface area contributed by atoms with Crippen molar-refractivity contribution in [3.8, 4) is 11.3 Å². The molecule has 1 atom stereocenters. The van der Waals surface area contributed by atoms with Gasteiger partial charge in [0.2, 0.25) is 0 Å². The number of amides is 1. The Kier molecular flexibility index (Phi) is 6.01. The molecule has 5 nitrogen and oxygen atoms in total. The molecule has 2 N–H and O–H groups in total. The molecule has 28 heavy (non-hydrogen) atoms. The normalized spacial score (nSPS) is 11.6. The van der Waals surface area contributed by atoms with Crippen LogP contribution in [0.3, 0.4) is 0 Å². The SMILES string of the molecule is O=C(O)C[C@H](NC(=O)c1cccc(-c2ccccc2F)n1)c1cccc(Cl)c1. The number of carboxylic acids is 1. The summed E-state index contributed by atoms with van der Waals surface area (Å²) in [7, 11) is 0. The Balaban J connectivity index is 1.87. The van der Waals surface area contributed by atoms with E-state index in [0.29, 0.717) is 16.3 Å². The molecule has 142 valence electrons. The van der Waals surface area contributed by atoms with Crippen LogP contribution in [0.15, 0.2) is 66.7 Å². The Morgan fingerprint density at radius 1 is 1.07 bits per heavy atom. The lowest BCUT2D eigenvalue weighted by Crippen LogP contribution is -2.30. The second-order valence-corrected chi connectivity index (χ2v) is 6.50. The van der Waals surface area contributed by atoms with Gasteiger partial charge in [0.1, 0.15) is 11.5 Å². The summed E-state index contributed by atoms with van der Waals surface area (Å²) in [5, 5.41) is 12.3. The fourth-order valence-corrected chi connectivity index (χ4v) is 2.96. The van der Waals surface area contributed by atoms with Gasteiger partial charge in [0.05, 0.1) is 18.2 Å². The summed E-state index contributed by atoms with van der Waals surface area (Å²) in [6.45, 7) is 0. The predicted octanol–water partition coefficient (Wildman–Crippen LogP) is 4.49. The Bertz CT molecular complexity index is 1030. The third-order valence-corrected chi connectivity index (χ3v) is 4.30. The lowest BCUT2D eigenvalue weighted by Gasteiger charge is -2.17. The topological polar surface area (TPSA) is 79.3 Å². The van der Waals surface area contributed by atoms with E-state index in [-0.39, 0.29) is 17.7 Å². The maximum atomic E-state index is 14.0. The minimum atomic E-state index is -1.07. The third kappa shape index (κ3) is 4.72. The lowest BCUT2D eigenvalue weighted by molar-refractivity contribution is -0.137. The van der Waals surface area contributed by atoms with E-state index in [4.69, 9.17) is 11.6 Å². The van der Waals surface area contributed by atoms with E-state index < -0.39 is 23.7 Å². The Morgan fingerprint density at radius 2 is 1.82 bits per heavy atom. The van der Waals surface area contributed by atoms with Gasteiger partial charge in [0, 0.05) is 10.6 Å². The van der Waals surface area contributed by atoms with Gasteiger partial charge in [-0.25, -0.2) is 9.37 Å². The van der Waals surface area contributed by atoms with Crippen molar-refractivity contribution in [2.24, 2.45) is 0 Å². The molecular formula is C21H16ClFN2O3. The van der Waals surface area contributed by atoms with Crippen molar-refractivity contribution in [1.29, 1.82) is 0 Å². The van der Waals surface area contributed by atoms with E-state index in [1.54, 1.807) is 54.6 Å². The van der Waals surface area contributed by atoms with Gasteiger partial charge < -0.3 is 10.4 Å². The molecule has 0 radical (unpaired) electrons. The van der Waals surface area contributed by atoms with Gasteiger partial charge in [0.15, 0.2) is 0 Å². The third-order valence-electron chi connectivity index (χ3n) is 4.07. The molecule has 0 aliphatic heterocycles. The second-order valence-electron chi connectivity index (χ2n) is 6.07. The number of pyridine rings is 1. The van der Waals surface area contributed by atoms with Crippen LogP contribution < -0.4 is 5.32 Å². The quantitative estimate of drug-likeness (QED) is 0.641. The van der Waals surface area contributed by atoms with Gasteiger partial charge in [-0.2, -0.15) is 0 Å². The molecule has 0 fully saturated rings. The minimum absolute atomic E-state index is 0.0539. The number of hydrogen-bond acceptors (Lipinski definition) is 3. The standard InChI is InChI=1S/C21H16ClFN2O3/c22-14-6-3-5-13(11-14)19(12-20(26)27)25-21(28)18-10-4-9-17(24-18)15-7-1-2-8-16(15)23/h1-11,19H,12H2,(H,25,28)(H,26,27)/t19-/m0/s1. The van der Waals surface area contributed by atoms with Crippen LogP contribution in [0.4, 0.5) is 4.39 Å². The predicted molar refractivity (Wildman–Crippen MR) is 104 cm³/mol. The minimum Gasteiger partial charge on any atom is -0.481 e. The maximum Gasteiger partial charge on any atom is 0.305 e. The van der Waals surface area contributed by atoms with Crippen LogP contribution in [-0.4, -0.2) is 22.0 Å². The van der Waals surface area contributed by atoms with Gasteiger partial charge in [-0.15, -0.1) is 0 Å². The highest BCUT2D eigenvalue weighted by Gasteiger charge is 2.20. The summed E-state index contributed by atoms with van der Waals surface area (Å²) in [4.78, 5) is 28.1. The highest BCUT2D eigenvalue weighted by Crippen LogP contribution is 2.23. The monoisotopic (exact) mass is 398 g/mol. The van der Waals surface area contributed by atoms with E-state index in [1.165, 1.54) is 12.1 Å². The van der Waals surface area contributed by atoms with Gasteiger partial charge in [-0.3, -0.25) is 9.59 Å². The van der Waals surface area contributed by atoms with Gasteiger partial charge in [-0.05, 0) is 42.0 Å². The molecule has 0 bridgehead atoms. The zero-order valence-corrected chi connectivity index (χ0v) is 15.4. The van der Waals surface area contributed by atoms with Crippen molar-refractivity contribution in [1.82, 2.24) is 10.3 Å². The lowest BCUT2D eigenvalue weighted by atomic mass is 10.0. The zero-order valence-electron chi connectivity index (χ0n) is 14.6. The van der Waals surface area contributed by atoms with Crippen LogP contribution >= 0.6 is 11.6 Å². The summed E-state index contributed by atoms with van der Waals surface area (Å²) in [5.74, 6) is -2.09. The van der Waals surface area contributed by atoms with E-state index >= 15 is 0 Å². The Labute approximate surface area is 165 Å². The average molecular weight is 399 g/mol. The van der Waals surface area contributed by atoms with E-state index in [2.05, 4.69) is 10.3 Å². The summed E-state index contributed by atoms with van der Waals surface area (Å²) in [6, 6.07) is 16.6. The average Bonchev–Trinajstić information content (AvgIpc) is 2.67. The molecule has 1 aromatic heterocycles. The molecular weight excluding hydrogens is 383 g/mol. The summed E-state index contributed by atoms with van der Waals surface area (Å²) >= 11 is 5.97. The summed E-state index contributed by atoms with van der Waals surface area (Å²) < 4.78 is 14.0. The Morgan fingerprint density at radius 3 is 2.54 bits per heavy atom. The van der Waals surface area contributed by atoms with Crippen molar-refractivity contribution in [2.75, 3.05) is 0 Å². The molecule has 1 heterocycles. The van der Waals surface area contributed by atoms with Crippen LogP contribution in [0.25, 0.3) is 11.3 Å². The first-order valence-electron chi connectivity index (χ1n) is 8.44. The van der Waals surface area contributed by atoms with Crippen molar-refractivity contribution < 1.29 is 19.1 Å². The molecule has 0 aliphatic carbocycles. The van der Waals surface area contributed by atoms with Crippen LogP contribution in [-0.2, 0) is 4.79 Å². The maximum absolute atomic E-state index is 14.0. The molecule has 0 saturated heterocycles. The number of nitrogens with one attached hydrogen (secondary N) is 1. The Hall–Kier alpha value is -3.25. The van der Waals surface area contributed by atoms with Crippen molar-refractivity contribution >= 4 is 23.5 Å². The fraction of sp³-hybridized carbons (Fsp3) is 0.0952. The highest BCUT2D eigenvalue weighted by molar-refractivity contribution is 6.30. The number of nitrogens with zero attached hydrogens (tertiary/aromatic N) is 1. The largest absolute Gasteiger partial charge is 0.481 e.